The Balaban J connectivity index is 2.08. The van der Waals surface area contributed by atoms with Gasteiger partial charge in [-0.05, 0) is 6.92 Å². The Labute approximate surface area is 92.6 Å². The van der Waals surface area contributed by atoms with Gasteiger partial charge >= 0.3 is 0 Å². The first kappa shape index (κ1) is 10.7. The van der Waals surface area contributed by atoms with E-state index in [4.69, 9.17) is 4.52 Å². The molecule has 1 saturated heterocycles. The number of carbonyl (C=O) groups excluding carboxylic acids is 2. The number of nitrogens with zero attached hydrogens (tertiary/aromatic N) is 2. The molecule has 0 bridgehead atoms. The van der Waals surface area contributed by atoms with Crippen LogP contribution in [-0.2, 0) is 16.1 Å². The Morgan fingerprint density at radius 1 is 1.62 bits per heavy atom. The van der Waals surface area contributed by atoms with Crippen molar-refractivity contribution < 1.29 is 14.1 Å². The van der Waals surface area contributed by atoms with Crippen LogP contribution >= 0.6 is 0 Å². The number of carbonyl (C=O) groups is 2. The summed E-state index contributed by atoms with van der Waals surface area (Å²) in [5.41, 5.74) is 0. The van der Waals surface area contributed by atoms with Gasteiger partial charge in [-0.1, -0.05) is 5.16 Å². The summed E-state index contributed by atoms with van der Waals surface area (Å²) in [7, 11) is 0. The molecule has 1 N–H and O–H groups in total. The van der Waals surface area contributed by atoms with E-state index in [2.05, 4.69) is 10.5 Å². The maximum Gasteiger partial charge on any atom is 0.245 e. The van der Waals surface area contributed by atoms with Crippen LogP contribution in [0.1, 0.15) is 19.1 Å². The fraction of sp³-hybridized carbons (Fsp3) is 0.500. The Kier molecular flexibility index (Phi) is 2.89. The molecule has 6 nitrogen and oxygen atoms in total. The molecule has 86 valence electrons. The molecule has 1 atom stereocenters. The second kappa shape index (κ2) is 4.34. The molecule has 1 fully saturated rings. The summed E-state index contributed by atoms with van der Waals surface area (Å²) >= 11 is 0. The third-order valence-corrected chi connectivity index (χ3v) is 2.51. The van der Waals surface area contributed by atoms with Crippen LogP contribution in [0.15, 0.2) is 16.8 Å². The molecular weight excluding hydrogens is 210 g/mol. The van der Waals surface area contributed by atoms with E-state index in [1.54, 1.807) is 17.9 Å². The second-order valence-electron chi connectivity index (χ2n) is 3.78. The smallest absolute Gasteiger partial charge is 0.245 e. The molecule has 2 heterocycles. The van der Waals surface area contributed by atoms with Crippen molar-refractivity contribution in [1.29, 1.82) is 0 Å². The topological polar surface area (TPSA) is 75.4 Å². The molecule has 0 aromatic carbocycles. The molecular formula is C10H13N3O3. The average molecular weight is 223 g/mol. The van der Waals surface area contributed by atoms with E-state index in [-0.39, 0.29) is 11.8 Å². The zero-order valence-corrected chi connectivity index (χ0v) is 8.97. The highest BCUT2D eigenvalue weighted by atomic mass is 16.5. The SMILES string of the molecule is CC1NC(=O)CCN(Cc2ccno2)C1=O. The molecule has 0 radical (unpaired) electrons. The molecule has 1 aromatic rings. The van der Waals surface area contributed by atoms with Gasteiger partial charge in [0.2, 0.25) is 11.8 Å². The van der Waals surface area contributed by atoms with Crippen molar-refractivity contribution in [2.24, 2.45) is 0 Å². The molecule has 1 unspecified atom stereocenters. The summed E-state index contributed by atoms with van der Waals surface area (Å²) in [6.07, 6.45) is 1.86. The first-order valence-electron chi connectivity index (χ1n) is 5.14. The van der Waals surface area contributed by atoms with Crippen molar-refractivity contribution in [2.45, 2.75) is 25.9 Å². The minimum atomic E-state index is -0.474. The van der Waals surface area contributed by atoms with Crippen molar-refractivity contribution in [1.82, 2.24) is 15.4 Å². The highest BCUT2D eigenvalue weighted by Gasteiger charge is 2.26. The summed E-state index contributed by atoms with van der Waals surface area (Å²) in [5.74, 6) is 0.429. The summed E-state index contributed by atoms with van der Waals surface area (Å²) in [6, 6.07) is 1.23. The lowest BCUT2D eigenvalue weighted by atomic mass is 10.3. The molecule has 1 aliphatic rings. The normalized spacial score (nSPS) is 21.8. The maximum absolute atomic E-state index is 11.9. The molecule has 2 amide bonds. The second-order valence-corrected chi connectivity index (χ2v) is 3.78. The molecule has 1 aromatic heterocycles. The van der Waals surface area contributed by atoms with Gasteiger partial charge in [-0.15, -0.1) is 0 Å². The van der Waals surface area contributed by atoms with E-state index < -0.39 is 6.04 Å². The van der Waals surface area contributed by atoms with E-state index in [9.17, 15) is 9.59 Å². The monoisotopic (exact) mass is 223 g/mol. The number of hydrogen-bond acceptors (Lipinski definition) is 4. The number of hydrogen-bond donors (Lipinski definition) is 1. The van der Waals surface area contributed by atoms with Gasteiger partial charge in [0.25, 0.3) is 0 Å². The summed E-state index contributed by atoms with van der Waals surface area (Å²) in [6.45, 7) is 2.45. The van der Waals surface area contributed by atoms with Gasteiger partial charge in [-0.2, -0.15) is 0 Å². The molecule has 6 heteroatoms. The van der Waals surface area contributed by atoms with Crippen LogP contribution < -0.4 is 5.32 Å². The Bertz CT molecular complexity index is 388. The molecule has 0 saturated carbocycles. The Morgan fingerprint density at radius 2 is 2.44 bits per heavy atom. The highest BCUT2D eigenvalue weighted by molar-refractivity contribution is 5.89. The zero-order chi connectivity index (χ0) is 11.5. The van der Waals surface area contributed by atoms with Gasteiger partial charge in [0, 0.05) is 19.0 Å². The van der Waals surface area contributed by atoms with Gasteiger partial charge < -0.3 is 14.7 Å². The summed E-state index contributed by atoms with van der Waals surface area (Å²) < 4.78 is 4.94. The number of rotatable bonds is 2. The first-order chi connectivity index (χ1) is 7.66. The molecule has 16 heavy (non-hydrogen) atoms. The predicted molar refractivity (Wildman–Crippen MR) is 54.1 cm³/mol. The Morgan fingerprint density at radius 3 is 3.12 bits per heavy atom. The van der Waals surface area contributed by atoms with Gasteiger partial charge in [-0.25, -0.2) is 0 Å². The highest BCUT2D eigenvalue weighted by Crippen LogP contribution is 2.09. The van der Waals surface area contributed by atoms with Crippen LogP contribution in [0.2, 0.25) is 0 Å². The lowest BCUT2D eigenvalue weighted by Gasteiger charge is -2.20. The van der Waals surface area contributed by atoms with Crippen LogP contribution in [0, 0.1) is 0 Å². The van der Waals surface area contributed by atoms with Crippen molar-refractivity contribution in [3.8, 4) is 0 Å². The summed E-state index contributed by atoms with van der Waals surface area (Å²) in [5, 5.41) is 6.20. The van der Waals surface area contributed by atoms with E-state index in [1.807, 2.05) is 0 Å². The van der Waals surface area contributed by atoms with Crippen LogP contribution in [0.3, 0.4) is 0 Å². The predicted octanol–water partition coefficient (Wildman–Crippen LogP) is -0.0884. The Hall–Kier alpha value is -1.85. The number of aromatic nitrogens is 1. The van der Waals surface area contributed by atoms with Crippen LogP contribution in [0.25, 0.3) is 0 Å². The average Bonchev–Trinajstić information content (AvgIpc) is 2.71. The lowest BCUT2D eigenvalue weighted by Crippen LogP contribution is -2.42. The fourth-order valence-corrected chi connectivity index (χ4v) is 1.66. The van der Waals surface area contributed by atoms with E-state index in [0.717, 1.165) is 0 Å². The van der Waals surface area contributed by atoms with Crippen molar-refractivity contribution in [2.75, 3.05) is 6.54 Å². The summed E-state index contributed by atoms with van der Waals surface area (Å²) in [4.78, 5) is 24.7. The van der Waals surface area contributed by atoms with E-state index in [0.29, 0.717) is 25.3 Å². The quantitative estimate of drug-likeness (QED) is 0.760. The zero-order valence-electron chi connectivity index (χ0n) is 8.97. The fourth-order valence-electron chi connectivity index (χ4n) is 1.66. The lowest BCUT2D eigenvalue weighted by molar-refractivity contribution is -0.133. The molecule has 2 rings (SSSR count). The van der Waals surface area contributed by atoms with Gasteiger partial charge in [-0.3, -0.25) is 9.59 Å². The molecule has 1 aliphatic heterocycles. The van der Waals surface area contributed by atoms with Crippen LogP contribution in [0.5, 0.6) is 0 Å². The number of nitrogens with one attached hydrogen (secondary N) is 1. The maximum atomic E-state index is 11.9. The van der Waals surface area contributed by atoms with Crippen LogP contribution in [0.4, 0.5) is 0 Å². The van der Waals surface area contributed by atoms with Crippen molar-refractivity contribution >= 4 is 11.8 Å². The van der Waals surface area contributed by atoms with Gasteiger partial charge in [0.15, 0.2) is 5.76 Å². The minimum Gasteiger partial charge on any atom is -0.360 e. The van der Waals surface area contributed by atoms with E-state index >= 15 is 0 Å². The van der Waals surface area contributed by atoms with Crippen molar-refractivity contribution in [3.63, 3.8) is 0 Å². The van der Waals surface area contributed by atoms with E-state index in [1.165, 1.54) is 6.20 Å². The van der Waals surface area contributed by atoms with Gasteiger partial charge in [0.1, 0.15) is 6.04 Å². The third kappa shape index (κ3) is 2.21. The molecule has 0 aliphatic carbocycles. The number of amides is 2. The van der Waals surface area contributed by atoms with Crippen LogP contribution in [-0.4, -0.2) is 34.5 Å². The van der Waals surface area contributed by atoms with Crippen molar-refractivity contribution in [3.05, 3.63) is 18.0 Å². The largest absolute Gasteiger partial charge is 0.360 e. The molecule has 0 spiro atoms. The standard InChI is InChI=1S/C10H13N3O3/c1-7-10(15)13(5-3-9(14)12-7)6-8-2-4-11-16-8/h2,4,7H,3,5-6H2,1H3,(H,12,14). The van der Waals surface area contributed by atoms with Gasteiger partial charge in [0.05, 0.1) is 12.7 Å². The third-order valence-electron chi connectivity index (χ3n) is 2.51. The minimum absolute atomic E-state index is 0.0951. The first-order valence-corrected chi connectivity index (χ1v) is 5.14.